The zero-order valence-electron chi connectivity index (χ0n) is 16.6. The van der Waals surface area contributed by atoms with E-state index in [1.165, 1.54) is 16.9 Å². The molecule has 30 heavy (non-hydrogen) atoms. The molecule has 0 saturated heterocycles. The van der Waals surface area contributed by atoms with Gasteiger partial charge in [-0.15, -0.1) is 23.1 Å². The number of hydrogen-bond donors (Lipinski definition) is 1. The van der Waals surface area contributed by atoms with Crippen molar-refractivity contribution in [3.8, 4) is 11.3 Å². The summed E-state index contributed by atoms with van der Waals surface area (Å²) in [4.78, 5) is 18.9. The average Bonchev–Trinajstić information content (AvgIpc) is 3.27. The maximum atomic E-state index is 13.2. The quantitative estimate of drug-likeness (QED) is 0.326. The van der Waals surface area contributed by atoms with E-state index in [9.17, 15) is 4.79 Å². The Morgan fingerprint density at radius 3 is 2.30 bits per heavy atom. The van der Waals surface area contributed by atoms with Crippen LogP contribution in [-0.4, -0.2) is 10.9 Å². The van der Waals surface area contributed by atoms with Gasteiger partial charge in [0, 0.05) is 15.8 Å². The summed E-state index contributed by atoms with van der Waals surface area (Å²) in [6.45, 7) is 2.14. The molecule has 0 spiro atoms. The van der Waals surface area contributed by atoms with E-state index < -0.39 is 0 Å². The zero-order chi connectivity index (χ0) is 20.8. The van der Waals surface area contributed by atoms with Crippen molar-refractivity contribution in [2.24, 2.45) is 0 Å². The molecule has 0 saturated carbocycles. The fourth-order valence-corrected chi connectivity index (χ4v) is 4.85. The lowest BCUT2D eigenvalue weighted by molar-refractivity contribution is -0.115. The minimum absolute atomic E-state index is 0.0720. The number of amides is 1. The number of carbonyl (C=O) groups excluding carboxylic acids is 1. The third-order valence-electron chi connectivity index (χ3n) is 4.73. The van der Waals surface area contributed by atoms with Crippen LogP contribution in [0.15, 0.2) is 95.2 Å². The highest BCUT2D eigenvalue weighted by atomic mass is 32.2. The second-order valence-electron chi connectivity index (χ2n) is 6.80. The summed E-state index contributed by atoms with van der Waals surface area (Å²) in [5.74, 6) is -0.0720. The molecule has 0 fully saturated rings. The summed E-state index contributed by atoms with van der Waals surface area (Å²) in [6, 6.07) is 28.3. The van der Waals surface area contributed by atoms with Gasteiger partial charge in [0.2, 0.25) is 5.91 Å². The number of thioether (sulfide) groups is 1. The molecular weight excluding hydrogens is 408 g/mol. The van der Waals surface area contributed by atoms with Crippen LogP contribution in [0.5, 0.6) is 0 Å². The molecule has 5 heteroatoms. The van der Waals surface area contributed by atoms with Crippen molar-refractivity contribution in [1.82, 2.24) is 4.98 Å². The van der Waals surface area contributed by atoms with Gasteiger partial charge >= 0.3 is 0 Å². The predicted molar refractivity (Wildman–Crippen MR) is 127 cm³/mol. The zero-order valence-corrected chi connectivity index (χ0v) is 18.2. The topological polar surface area (TPSA) is 42.0 Å². The maximum Gasteiger partial charge on any atom is 0.244 e. The summed E-state index contributed by atoms with van der Waals surface area (Å²) in [5, 5.41) is 5.26. The van der Waals surface area contributed by atoms with Gasteiger partial charge in [0.05, 0.1) is 5.69 Å². The summed E-state index contributed by atoms with van der Waals surface area (Å²) in [6.07, 6.45) is 1.01. The Morgan fingerprint density at radius 2 is 1.63 bits per heavy atom. The van der Waals surface area contributed by atoms with Gasteiger partial charge in [-0.3, -0.25) is 4.79 Å². The van der Waals surface area contributed by atoms with Crippen molar-refractivity contribution < 1.29 is 4.79 Å². The molecule has 0 bridgehead atoms. The van der Waals surface area contributed by atoms with E-state index in [1.54, 1.807) is 11.8 Å². The molecular formula is C25H22N2OS2. The first-order chi connectivity index (χ1) is 14.7. The summed E-state index contributed by atoms with van der Waals surface area (Å²) in [7, 11) is 0. The highest BCUT2D eigenvalue weighted by molar-refractivity contribution is 8.00. The van der Waals surface area contributed by atoms with Crippen molar-refractivity contribution in [2.45, 2.75) is 23.5 Å². The standard InChI is InChI=1S/C25H22N2OS2/c1-2-18-13-15-19(16-14-18)22-17-29-25(26-22)27-24(28)23(20-9-5-3-6-10-20)30-21-11-7-4-8-12-21/h3-17,23H,2H2,1H3,(H,26,27,28). The highest BCUT2D eigenvalue weighted by Gasteiger charge is 2.23. The second-order valence-corrected chi connectivity index (χ2v) is 8.84. The average molecular weight is 431 g/mol. The van der Waals surface area contributed by atoms with Crippen LogP contribution < -0.4 is 5.32 Å². The minimum atomic E-state index is -0.357. The number of rotatable bonds is 7. The number of aryl methyl sites for hydroxylation is 1. The first-order valence-electron chi connectivity index (χ1n) is 9.85. The lowest BCUT2D eigenvalue weighted by atomic mass is 10.1. The number of anilines is 1. The van der Waals surface area contributed by atoms with Gasteiger partial charge in [-0.1, -0.05) is 79.7 Å². The third kappa shape index (κ3) is 4.99. The SMILES string of the molecule is CCc1ccc(-c2csc(NC(=O)C(Sc3ccccc3)c3ccccc3)n2)cc1. The van der Waals surface area contributed by atoms with E-state index in [0.29, 0.717) is 5.13 Å². The molecule has 1 heterocycles. The molecule has 3 aromatic carbocycles. The molecule has 1 aromatic heterocycles. The Kier molecular flexibility index (Phi) is 6.62. The fraction of sp³-hybridized carbons (Fsp3) is 0.120. The van der Waals surface area contributed by atoms with Crippen LogP contribution in [0, 0.1) is 0 Å². The molecule has 1 amide bonds. The van der Waals surface area contributed by atoms with Crippen LogP contribution in [0.1, 0.15) is 23.3 Å². The Balaban J connectivity index is 1.53. The molecule has 0 aliphatic carbocycles. The van der Waals surface area contributed by atoms with E-state index in [4.69, 9.17) is 0 Å². The number of carbonyl (C=O) groups is 1. The van der Waals surface area contributed by atoms with Gasteiger partial charge < -0.3 is 5.32 Å². The van der Waals surface area contributed by atoms with Crippen molar-refractivity contribution >= 4 is 34.1 Å². The van der Waals surface area contributed by atoms with Crippen LogP contribution in [0.25, 0.3) is 11.3 Å². The molecule has 3 nitrogen and oxygen atoms in total. The first kappa shape index (κ1) is 20.4. The summed E-state index contributed by atoms with van der Waals surface area (Å²) in [5.41, 5.74) is 4.20. The van der Waals surface area contributed by atoms with Gasteiger partial charge in [0.1, 0.15) is 5.25 Å². The Morgan fingerprint density at radius 1 is 0.967 bits per heavy atom. The number of hydrogen-bond acceptors (Lipinski definition) is 4. The van der Waals surface area contributed by atoms with Crippen LogP contribution in [-0.2, 0) is 11.2 Å². The Hall–Kier alpha value is -2.89. The van der Waals surface area contributed by atoms with Gasteiger partial charge in [-0.25, -0.2) is 4.98 Å². The van der Waals surface area contributed by atoms with E-state index in [-0.39, 0.29) is 11.2 Å². The minimum Gasteiger partial charge on any atom is -0.301 e. The number of benzene rings is 3. The molecule has 150 valence electrons. The summed E-state index contributed by atoms with van der Waals surface area (Å²) >= 11 is 2.99. The van der Waals surface area contributed by atoms with Crippen LogP contribution in [0.3, 0.4) is 0 Å². The normalized spacial score (nSPS) is 11.8. The maximum absolute atomic E-state index is 13.2. The molecule has 4 aromatic rings. The van der Waals surface area contributed by atoms with Crippen molar-refractivity contribution in [3.05, 3.63) is 101 Å². The Bertz CT molecular complexity index is 1090. The molecule has 4 rings (SSSR count). The monoisotopic (exact) mass is 430 g/mol. The van der Waals surface area contributed by atoms with Crippen LogP contribution >= 0.6 is 23.1 Å². The number of nitrogens with zero attached hydrogens (tertiary/aromatic N) is 1. The molecule has 1 N–H and O–H groups in total. The van der Waals surface area contributed by atoms with E-state index in [1.807, 2.05) is 66.0 Å². The predicted octanol–water partition coefficient (Wildman–Crippen LogP) is 6.84. The first-order valence-corrected chi connectivity index (χ1v) is 11.6. The van der Waals surface area contributed by atoms with E-state index in [2.05, 4.69) is 41.5 Å². The molecule has 0 radical (unpaired) electrons. The van der Waals surface area contributed by atoms with E-state index in [0.717, 1.165) is 28.1 Å². The van der Waals surface area contributed by atoms with Crippen molar-refractivity contribution in [3.63, 3.8) is 0 Å². The molecule has 1 unspecified atom stereocenters. The number of thiazole rings is 1. The lowest BCUT2D eigenvalue weighted by Gasteiger charge is -2.16. The second kappa shape index (κ2) is 9.74. The highest BCUT2D eigenvalue weighted by Crippen LogP contribution is 2.36. The lowest BCUT2D eigenvalue weighted by Crippen LogP contribution is -2.18. The Labute approximate surface area is 185 Å². The van der Waals surface area contributed by atoms with Crippen LogP contribution in [0.2, 0.25) is 0 Å². The summed E-state index contributed by atoms with van der Waals surface area (Å²) < 4.78 is 0. The molecule has 0 aliphatic rings. The number of nitrogens with one attached hydrogen (secondary N) is 1. The fourth-order valence-electron chi connectivity index (χ4n) is 3.08. The third-order valence-corrected chi connectivity index (χ3v) is 6.75. The smallest absolute Gasteiger partial charge is 0.244 e. The van der Waals surface area contributed by atoms with Gasteiger partial charge in [-0.2, -0.15) is 0 Å². The van der Waals surface area contributed by atoms with Crippen molar-refractivity contribution in [1.29, 1.82) is 0 Å². The van der Waals surface area contributed by atoms with Gasteiger partial charge in [0.15, 0.2) is 5.13 Å². The number of aromatic nitrogens is 1. The molecule has 0 aliphatic heterocycles. The van der Waals surface area contributed by atoms with E-state index >= 15 is 0 Å². The van der Waals surface area contributed by atoms with Crippen LogP contribution in [0.4, 0.5) is 5.13 Å². The largest absolute Gasteiger partial charge is 0.301 e. The van der Waals surface area contributed by atoms with Gasteiger partial charge in [-0.05, 0) is 29.7 Å². The molecule has 1 atom stereocenters. The van der Waals surface area contributed by atoms with Crippen molar-refractivity contribution in [2.75, 3.05) is 5.32 Å². The van der Waals surface area contributed by atoms with Gasteiger partial charge in [0.25, 0.3) is 0 Å².